The maximum atomic E-state index is 7.37. The van der Waals surface area contributed by atoms with Crippen LogP contribution < -0.4 is 5.32 Å². The zero-order valence-electron chi connectivity index (χ0n) is 11.9. The van der Waals surface area contributed by atoms with Crippen LogP contribution in [0.5, 0.6) is 0 Å². The zero-order valence-corrected chi connectivity index (χ0v) is 12.6. The predicted octanol–water partition coefficient (Wildman–Crippen LogP) is 3.65. The van der Waals surface area contributed by atoms with Crippen LogP contribution in [-0.4, -0.2) is 24.6 Å². The Hall–Kier alpha value is -2.13. The monoisotopic (exact) mass is 299 g/mol. The Morgan fingerprint density at radius 3 is 2.19 bits per heavy atom. The molecule has 0 aromatic heterocycles. The van der Waals surface area contributed by atoms with Gasteiger partial charge in [0.15, 0.2) is 5.29 Å². The fourth-order valence-corrected chi connectivity index (χ4v) is 2.42. The first-order valence-electron chi connectivity index (χ1n) is 6.77. The highest BCUT2D eigenvalue weighted by Gasteiger charge is 2.19. The molecule has 2 rings (SSSR count). The summed E-state index contributed by atoms with van der Waals surface area (Å²) in [6.07, 6.45) is 0. The molecule has 0 amide bonds. The number of aliphatic imine (C=N–C) groups is 1. The van der Waals surface area contributed by atoms with Gasteiger partial charge in [0.25, 0.3) is 0 Å². The lowest BCUT2D eigenvalue weighted by Gasteiger charge is -2.20. The zero-order chi connectivity index (χ0) is 15.1. The normalized spacial score (nSPS) is 12.8. The lowest BCUT2D eigenvalue weighted by Crippen LogP contribution is -2.29. The second-order valence-corrected chi connectivity index (χ2v) is 5.01. The molecule has 0 fully saturated rings. The Labute approximate surface area is 130 Å². The lowest BCUT2D eigenvalue weighted by atomic mass is 9.89. The fraction of sp³-hybridized carbons (Fsp3) is 0.176. The third-order valence-corrected chi connectivity index (χ3v) is 3.44. The molecule has 108 valence electrons. The molecule has 2 aromatic rings. The van der Waals surface area contributed by atoms with Crippen molar-refractivity contribution < 1.29 is 0 Å². The fourth-order valence-electron chi connectivity index (χ4n) is 2.34. The van der Waals surface area contributed by atoms with Gasteiger partial charge in [-0.2, -0.15) is 0 Å². The Morgan fingerprint density at radius 2 is 1.67 bits per heavy atom. The van der Waals surface area contributed by atoms with Crippen molar-refractivity contribution >= 4 is 22.6 Å². The summed E-state index contributed by atoms with van der Waals surface area (Å²) in [5.41, 5.74) is 3.20. The number of rotatable bonds is 5. The van der Waals surface area contributed by atoms with Gasteiger partial charge in [-0.25, -0.2) is 0 Å². The molecule has 0 heterocycles. The second kappa shape index (κ2) is 7.60. The Bertz CT molecular complexity index is 608. The molecule has 0 aliphatic heterocycles. The average Bonchev–Trinajstić information content (AvgIpc) is 2.53. The van der Waals surface area contributed by atoms with Crippen LogP contribution in [0.3, 0.4) is 0 Å². The van der Waals surface area contributed by atoms with E-state index in [1.165, 1.54) is 0 Å². The molecule has 0 aliphatic carbocycles. The largest absolute Gasteiger partial charge is 0.360 e. The highest BCUT2D eigenvalue weighted by molar-refractivity contribution is 6.63. The van der Waals surface area contributed by atoms with Crippen molar-refractivity contribution in [3.05, 3.63) is 71.8 Å². The molecular weight excluding hydrogens is 282 g/mol. The maximum Gasteiger partial charge on any atom is 0.188 e. The summed E-state index contributed by atoms with van der Waals surface area (Å²) < 4.78 is 0. The van der Waals surface area contributed by atoms with Crippen LogP contribution in [0.4, 0.5) is 0 Å². The van der Waals surface area contributed by atoms with Crippen molar-refractivity contribution in [1.29, 1.82) is 5.41 Å². The molecule has 0 saturated carbocycles. The van der Waals surface area contributed by atoms with Crippen molar-refractivity contribution in [3.63, 3.8) is 0 Å². The van der Waals surface area contributed by atoms with E-state index in [2.05, 4.69) is 22.4 Å². The van der Waals surface area contributed by atoms with Gasteiger partial charge in [-0.15, -0.1) is 0 Å². The van der Waals surface area contributed by atoms with E-state index in [1.807, 2.05) is 48.5 Å². The Kier molecular flexibility index (Phi) is 5.52. The van der Waals surface area contributed by atoms with Gasteiger partial charge in [-0.3, -0.25) is 10.4 Å². The summed E-state index contributed by atoms with van der Waals surface area (Å²) in [7, 11) is 1.80. The van der Waals surface area contributed by atoms with Crippen molar-refractivity contribution in [2.24, 2.45) is 4.99 Å². The van der Waals surface area contributed by atoms with E-state index in [-0.39, 0.29) is 11.2 Å². The topological polar surface area (TPSA) is 48.2 Å². The van der Waals surface area contributed by atoms with Gasteiger partial charge in [0.1, 0.15) is 0 Å². The predicted molar refractivity (Wildman–Crippen MR) is 89.7 cm³/mol. The van der Waals surface area contributed by atoms with Crippen LogP contribution in [0.25, 0.3) is 0 Å². The van der Waals surface area contributed by atoms with Gasteiger partial charge in [-0.05, 0) is 22.7 Å². The first-order chi connectivity index (χ1) is 10.2. The van der Waals surface area contributed by atoms with E-state index in [0.29, 0.717) is 6.54 Å². The molecule has 0 spiro atoms. The number of amidine groups is 1. The third kappa shape index (κ3) is 4.17. The van der Waals surface area contributed by atoms with Gasteiger partial charge < -0.3 is 5.32 Å². The second-order valence-electron chi connectivity index (χ2n) is 4.63. The minimum Gasteiger partial charge on any atom is -0.360 e. The molecule has 0 radical (unpaired) electrons. The molecule has 4 heteroatoms. The van der Waals surface area contributed by atoms with E-state index in [4.69, 9.17) is 17.0 Å². The molecule has 0 bridgehead atoms. The van der Waals surface area contributed by atoms with Gasteiger partial charge in [0.05, 0.1) is 5.71 Å². The van der Waals surface area contributed by atoms with E-state index < -0.39 is 0 Å². The summed E-state index contributed by atoms with van der Waals surface area (Å²) >= 11 is 5.64. The molecule has 3 nitrogen and oxygen atoms in total. The first kappa shape index (κ1) is 15.3. The number of halogens is 1. The molecule has 2 aromatic carbocycles. The molecule has 2 N–H and O–H groups in total. The van der Waals surface area contributed by atoms with Gasteiger partial charge in [0.2, 0.25) is 0 Å². The summed E-state index contributed by atoms with van der Waals surface area (Å²) in [6.45, 7) is 0.536. The minimum absolute atomic E-state index is 0.0395. The summed E-state index contributed by atoms with van der Waals surface area (Å²) in [4.78, 5) is 4.48. The van der Waals surface area contributed by atoms with Crippen LogP contribution in [-0.2, 0) is 0 Å². The van der Waals surface area contributed by atoms with E-state index in [9.17, 15) is 0 Å². The third-order valence-electron chi connectivity index (χ3n) is 3.30. The molecule has 0 saturated heterocycles. The Morgan fingerprint density at radius 1 is 1.10 bits per heavy atom. The van der Waals surface area contributed by atoms with Crippen LogP contribution >= 0.6 is 11.6 Å². The van der Waals surface area contributed by atoms with E-state index in [1.54, 1.807) is 7.05 Å². The van der Waals surface area contributed by atoms with Crippen LogP contribution in [0.1, 0.15) is 17.0 Å². The highest BCUT2D eigenvalue weighted by Crippen LogP contribution is 2.21. The minimum atomic E-state index is -0.0561. The molecule has 1 unspecified atom stereocenters. The van der Waals surface area contributed by atoms with Crippen LogP contribution in [0.15, 0.2) is 65.7 Å². The quantitative estimate of drug-likeness (QED) is 0.494. The van der Waals surface area contributed by atoms with Crippen LogP contribution in [0, 0.1) is 5.41 Å². The van der Waals surface area contributed by atoms with Gasteiger partial charge >= 0.3 is 0 Å². The molecule has 0 aliphatic rings. The summed E-state index contributed by atoms with van der Waals surface area (Å²) in [5, 5.41) is 10.2. The highest BCUT2D eigenvalue weighted by atomic mass is 35.5. The molecule has 21 heavy (non-hydrogen) atoms. The van der Waals surface area contributed by atoms with Crippen molar-refractivity contribution in [2.75, 3.05) is 13.6 Å². The summed E-state index contributed by atoms with van der Waals surface area (Å²) in [6, 6.07) is 20.2. The number of nitrogens with zero attached hydrogens (tertiary/aromatic N) is 1. The average molecular weight is 300 g/mol. The van der Waals surface area contributed by atoms with E-state index >= 15 is 0 Å². The SMILES string of the molecule is C/N=C(/c1ccccc1)C(CNC(=N)Cl)c1ccccc1. The smallest absolute Gasteiger partial charge is 0.188 e. The summed E-state index contributed by atoms with van der Waals surface area (Å²) in [5.74, 6) is 0.0395. The van der Waals surface area contributed by atoms with Crippen molar-refractivity contribution in [2.45, 2.75) is 5.92 Å². The van der Waals surface area contributed by atoms with Crippen molar-refractivity contribution in [1.82, 2.24) is 5.32 Å². The number of nitrogens with one attached hydrogen (secondary N) is 2. The van der Waals surface area contributed by atoms with Gasteiger partial charge in [0, 0.05) is 19.5 Å². The van der Waals surface area contributed by atoms with Crippen LogP contribution in [0.2, 0.25) is 0 Å². The number of hydrogen-bond donors (Lipinski definition) is 2. The molecule has 1 atom stereocenters. The lowest BCUT2D eigenvalue weighted by molar-refractivity contribution is 0.811. The van der Waals surface area contributed by atoms with Gasteiger partial charge in [-0.1, -0.05) is 60.7 Å². The van der Waals surface area contributed by atoms with Crippen molar-refractivity contribution in [3.8, 4) is 0 Å². The standard InChI is InChI=1S/C17H18ClN3/c1-20-16(14-10-6-3-7-11-14)15(12-21-17(18)19)13-8-4-2-5-9-13/h2-11,15H,12H2,1H3,(H2,19,21)/b20-16-. The number of benzene rings is 2. The maximum absolute atomic E-state index is 7.37. The number of hydrogen-bond acceptors (Lipinski definition) is 2. The molecular formula is C17H18ClN3. The first-order valence-corrected chi connectivity index (χ1v) is 7.15. The van der Waals surface area contributed by atoms with E-state index in [0.717, 1.165) is 16.8 Å². The Balaban J connectivity index is 2.36.